The molecule has 1 nitrogen and oxygen atoms in total. The van der Waals surface area contributed by atoms with Crippen molar-refractivity contribution in [2.75, 3.05) is 7.11 Å². The van der Waals surface area contributed by atoms with E-state index in [0.29, 0.717) is 10.6 Å². The molecule has 0 saturated carbocycles. The summed E-state index contributed by atoms with van der Waals surface area (Å²) in [6, 6.07) is 9.08. The van der Waals surface area contributed by atoms with Gasteiger partial charge in [-0.1, -0.05) is 45.7 Å². The maximum absolute atomic E-state index is 13.5. The van der Waals surface area contributed by atoms with E-state index in [2.05, 4.69) is 15.9 Å². The van der Waals surface area contributed by atoms with Crippen LogP contribution < -0.4 is 4.74 Å². The van der Waals surface area contributed by atoms with Crippen molar-refractivity contribution < 1.29 is 9.13 Å². The lowest BCUT2D eigenvalue weighted by molar-refractivity contribution is 0.411. The van der Waals surface area contributed by atoms with E-state index in [1.165, 1.54) is 6.07 Å². The second kappa shape index (κ2) is 6.15. The molecule has 0 amide bonds. The molecular weight excluding hydrogens is 343 g/mol. The number of benzene rings is 2. The summed E-state index contributed by atoms with van der Waals surface area (Å²) in [4.78, 5) is -0.108. The van der Waals surface area contributed by atoms with Crippen LogP contribution in [0.4, 0.5) is 4.39 Å². The molecule has 2 aromatic rings. The molecule has 0 saturated heterocycles. The van der Waals surface area contributed by atoms with Crippen molar-refractivity contribution in [1.82, 2.24) is 0 Å². The van der Waals surface area contributed by atoms with Crippen LogP contribution in [-0.4, -0.2) is 7.11 Å². The third kappa shape index (κ3) is 2.99. The van der Waals surface area contributed by atoms with Crippen LogP contribution in [0.3, 0.4) is 0 Å². The minimum absolute atomic E-state index is 0.108. The van der Waals surface area contributed by atoms with Crippen molar-refractivity contribution in [3.63, 3.8) is 0 Å². The number of hydrogen-bond donors (Lipinski definition) is 0. The summed E-state index contributed by atoms with van der Waals surface area (Å²) in [7, 11) is 1.64. The summed E-state index contributed by atoms with van der Waals surface area (Å²) in [6.07, 6.45) is 0. The van der Waals surface area contributed by atoms with Gasteiger partial charge in [0.2, 0.25) is 0 Å². The highest BCUT2D eigenvalue weighted by Crippen LogP contribution is 2.38. The summed E-state index contributed by atoms with van der Waals surface area (Å²) in [6.45, 7) is 3.71. The fourth-order valence-electron chi connectivity index (χ4n) is 2.05. The molecule has 0 spiro atoms. The van der Waals surface area contributed by atoms with Crippen LogP contribution in [0, 0.1) is 19.7 Å². The predicted octanol–water partition coefficient (Wildman–Crippen LogP) is 5.59. The van der Waals surface area contributed by atoms with Crippen LogP contribution in [0.15, 0.2) is 30.3 Å². The smallest absolute Gasteiger partial charge is 0.127 e. The van der Waals surface area contributed by atoms with Gasteiger partial charge in [-0.2, -0.15) is 0 Å². The van der Waals surface area contributed by atoms with Crippen LogP contribution in [0.5, 0.6) is 5.75 Å². The van der Waals surface area contributed by atoms with E-state index >= 15 is 0 Å². The molecule has 0 heterocycles. The van der Waals surface area contributed by atoms with Gasteiger partial charge in [-0.05, 0) is 48.2 Å². The first-order valence-corrected chi connectivity index (χ1v) is 7.47. The summed E-state index contributed by atoms with van der Waals surface area (Å²) in [5, 5.41) is 0.412. The van der Waals surface area contributed by atoms with E-state index in [0.717, 1.165) is 22.4 Å². The van der Waals surface area contributed by atoms with E-state index in [9.17, 15) is 4.39 Å². The van der Waals surface area contributed by atoms with Gasteiger partial charge in [0.1, 0.15) is 11.6 Å². The van der Waals surface area contributed by atoms with E-state index in [1.807, 2.05) is 25.1 Å². The van der Waals surface area contributed by atoms with Gasteiger partial charge in [-0.25, -0.2) is 4.39 Å². The van der Waals surface area contributed by atoms with Gasteiger partial charge in [-0.15, -0.1) is 0 Å². The Morgan fingerprint density at radius 3 is 2.50 bits per heavy atom. The van der Waals surface area contributed by atoms with Gasteiger partial charge in [-0.3, -0.25) is 0 Å². The molecule has 0 aliphatic rings. The first-order chi connectivity index (χ1) is 9.43. The Hall–Kier alpha value is -1.06. The Labute approximate surface area is 131 Å². The first kappa shape index (κ1) is 15.3. The highest BCUT2D eigenvalue weighted by atomic mass is 79.9. The van der Waals surface area contributed by atoms with Crippen molar-refractivity contribution >= 4 is 27.5 Å². The standard InChI is InChI=1S/C16H15BrClFO/c1-9-4-5-11(7-15(9)20-3)16(17)12-6-10(2)14(19)8-13(12)18/h4-8,16H,1-3H3. The molecule has 0 aromatic heterocycles. The average molecular weight is 358 g/mol. The maximum atomic E-state index is 13.5. The summed E-state index contributed by atoms with van der Waals surface area (Å²) < 4.78 is 18.8. The molecule has 0 aliphatic heterocycles. The number of aryl methyl sites for hydroxylation is 2. The quantitative estimate of drug-likeness (QED) is 0.651. The molecule has 0 aliphatic carbocycles. The molecule has 0 radical (unpaired) electrons. The molecule has 1 unspecified atom stereocenters. The summed E-state index contributed by atoms with van der Waals surface area (Å²) in [5.41, 5.74) is 3.50. The number of ether oxygens (including phenoxy) is 1. The fourth-order valence-corrected chi connectivity index (χ4v) is 3.10. The van der Waals surface area contributed by atoms with Gasteiger partial charge in [0, 0.05) is 5.02 Å². The molecule has 1 atom stereocenters. The molecule has 2 rings (SSSR count). The number of rotatable bonds is 3. The predicted molar refractivity (Wildman–Crippen MR) is 84.6 cm³/mol. The lowest BCUT2D eigenvalue weighted by atomic mass is 10.0. The maximum Gasteiger partial charge on any atom is 0.127 e. The van der Waals surface area contributed by atoms with Gasteiger partial charge in [0.15, 0.2) is 0 Å². The van der Waals surface area contributed by atoms with Crippen LogP contribution in [0.25, 0.3) is 0 Å². The third-order valence-electron chi connectivity index (χ3n) is 3.28. The number of hydrogen-bond acceptors (Lipinski definition) is 1. The molecule has 2 aromatic carbocycles. The highest BCUT2D eigenvalue weighted by Gasteiger charge is 2.17. The monoisotopic (exact) mass is 356 g/mol. The number of halogens is 3. The van der Waals surface area contributed by atoms with Crippen LogP contribution >= 0.6 is 27.5 Å². The molecule has 4 heteroatoms. The third-order valence-corrected chi connectivity index (χ3v) is 4.63. The Morgan fingerprint density at radius 1 is 1.15 bits per heavy atom. The molecule has 106 valence electrons. The second-order valence-electron chi connectivity index (χ2n) is 4.71. The van der Waals surface area contributed by atoms with Crippen LogP contribution in [0.1, 0.15) is 27.1 Å². The molecule has 20 heavy (non-hydrogen) atoms. The minimum atomic E-state index is -0.292. The van der Waals surface area contributed by atoms with Gasteiger partial charge in [0.25, 0.3) is 0 Å². The van der Waals surface area contributed by atoms with E-state index in [4.69, 9.17) is 16.3 Å². The topological polar surface area (TPSA) is 9.23 Å². The molecule has 0 bridgehead atoms. The van der Waals surface area contributed by atoms with Crippen molar-refractivity contribution in [3.8, 4) is 5.75 Å². The van der Waals surface area contributed by atoms with Crippen molar-refractivity contribution in [2.24, 2.45) is 0 Å². The zero-order valence-electron chi connectivity index (χ0n) is 11.5. The van der Waals surface area contributed by atoms with E-state index in [1.54, 1.807) is 20.1 Å². The van der Waals surface area contributed by atoms with Crippen molar-refractivity contribution in [2.45, 2.75) is 18.7 Å². The normalized spacial score (nSPS) is 12.3. The largest absolute Gasteiger partial charge is 0.496 e. The lowest BCUT2D eigenvalue weighted by Gasteiger charge is -2.15. The Morgan fingerprint density at radius 2 is 1.85 bits per heavy atom. The Balaban J connectivity index is 2.46. The molecule has 0 N–H and O–H groups in total. The van der Waals surface area contributed by atoms with E-state index in [-0.39, 0.29) is 10.6 Å². The molecular formula is C16H15BrClFO. The number of methoxy groups -OCH3 is 1. The summed E-state index contributed by atoms with van der Waals surface area (Å²) >= 11 is 9.78. The van der Waals surface area contributed by atoms with Gasteiger partial charge < -0.3 is 4.74 Å². The number of alkyl halides is 1. The average Bonchev–Trinajstić information content (AvgIpc) is 2.42. The highest BCUT2D eigenvalue weighted by molar-refractivity contribution is 9.09. The van der Waals surface area contributed by atoms with Gasteiger partial charge >= 0.3 is 0 Å². The summed E-state index contributed by atoms with van der Waals surface area (Å²) in [5.74, 6) is 0.529. The lowest BCUT2D eigenvalue weighted by Crippen LogP contribution is -1.98. The van der Waals surface area contributed by atoms with Crippen molar-refractivity contribution in [1.29, 1.82) is 0 Å². The van der Waals surface area contributed by atoms with E-state index < -0.39 is 0 Å². The minimum Gasteiger partial charge on any atom is -0.496 e. The zero-order chi connectivity index (χ0) is 14.9. The van der Waals surface area contributed by atoms with Gasteiger partial charge in [0.05, 0.1) is 11.9 Å². The van der Waals surface area contributed by atoms with Crippen molar-refractivity contribution in [3.05, 3.63) is 63.4 Å². The van der Waals surface area contributed by atoms with Crippen LogP contribution in [-0.2, 0) is 0 Å². The fraction of sp³-hybridized carbons (Fsp3) is 0.250. The zero-order valence-corrected chi connectivity index (χ0v) is 13.8. The SMILES string of the molecule is COc1cc(C(Br)c2cc(C)c(F)cc2Cl)ccc1C. The Bertz CT molecular complexity index is 643. The van der Waals surface area contributed by atoms with Crippen LogP contribution in [0.2, 0.25) is 5.02 Å². The Kier molecular flexibility index (Phi) is 4.71. The molecule has 0 fully saturated rings. The second-order valence-corrected chi connectivity index (χ2v) is 6.04. The first-order valence-electron chi connectivity index (χ1n) is 6.18.